The maximum Gasteiger partial charge on any atom is 0.194 e. The highest BCUT2D eigenvalue weighted by Crippen LogP contribution is 2.21. The predicted octanol–water partition coefficient (Wildman–Crippen LogP) is 2.05. The Balaban J connectivity index is 0.00000312. The van der Waals surface area contributed by atoms with E-state index in [-0.39, 0.29) is 30.1 Å². The summed E-state index contributed by atoms with van der Waals surface area (Å²) in [4.78, 5) is 6.95. The van der Waals surface area contributed by atoms with Crippen molar-refractivity contribution in [1.82, 2.24) is 20.0 Å². The summed E-state index contributed by atoms with van der Waals surface area (Å²) < 4.78 is 13.3. The maximum absolute atomic E-state index is 5.90. The molecule has 1 atom stereocenters. The van der Waals surface area contributed by atoms with Crippen molar-refractivity contribution in [3.8, 4) is 0 Å². The summed E-state index contributed by atoms with van der Waals surface area (Å²) in [5.41, 5.74) is 1.11. The molecule has 0 spiro atoms. The Hall–Kier alpha value is -0.870. The zero-order valence-electron chi connectivity index (χ0n) is 15.8. The van der Waals surface area contributed by atoms with E-state index in [1.165, 1.54) is 0 Å². The van der Waals surface area contributed by atoms with Crippen molar-refractivity contribution in [3.63, 3.8) is 0 Å². The van der Waals surface area contributed by atoms with Gasteiger partial charge in [-0.25, -0.2) is 0 Å². The Kier molecular flexibility index (Phi) is 10.4. The van der Waals surface area contributed by atoms with Gasteiger partial charge in [-0.15, -0.1) is 24.0 Å². The highest BCUT2D eigenvalue weighted by molar-refractivity contribution is 14.0. The van der Waals surface area contributed by atoms with E-state index in [9.17, 15) is 0 Å². The minimum atomic E-state index is 0. The van der Waals surface area contributed by atoms with Gasteiger partial charge in [-0.05, 0) is 12.8 Å². The van der Waals surface area contributed by atoms with Crippen LogP contribution in [-0.4, -0.2) is 66.6 Å². The van der Waals surface area contributed by atoms with E-state index in [1.807, 2.05) is 24.1 Å². The van der Waals surface area contributed by atoms with Crippen molar-refractivity contribution in [2.75, 3.05) is 46.0 Å². The van der Waals surface area contributed by atoms with E-state index in [2.05, 4.69) is 36.1 Å². The first-order chi connectivity index (χ1) is 11.6. The lowest BCUT2D eigenvalue weighted by atomic mass is 10.1. The van der Waals surface area contributed by atoms with E-state index in [0.29, 0.717) is 25.7 Å². The van der Waals surface area contributed by atoms with Gasteiger partial charge in [0.15, 0.2) is 5.96 Å². The third-order valence-corrected chi connectivity index (χ3v) is 3.75. The van der Waals surface area contributed by atoms with E-state index in [4.69, 9.17) is 14.5 Å². The van der Waals surface area contributed by atoms with Crippen LogP contribution in [0.3, 0.4) is 0 Å². The average molecular weight is 465 g/mol. The highest BCUT2D eigenvalue weighted by Gasteiger charge is 2.25. The van der Waals surface area contributed by atoms with Gasteiger partial charge in [-0.1, -0.05) is 13.8 Å². The number of nitrogens with zero attached hydrogens (tertiary/aromatic N) is 4. The Morgan fingerprint density at radius 1 is 1.52 bits per heavy atom. The molecular weight excluding hydrogens is 433 g/mol. The van der Waals surface area contributed by atoms with Gasteiger partial charge < -0.3 is 19.7 Å². The molecule has 1 fully saturated rings. The van der Waals surface area contributed by atoms with Crippen LogP contribution in [0, 0.1) is 5.92 Å². The van der Waals surface area contributed by atoms with E-state index < -0.39 is 0 Å². The molecule has 0 saturated carbocycles. The molecule has 1 aliphatic heterocycles. The minimum absolute atomic E-state index is 0. The second kappa shape index (κ2) is 11.7. The highest BCUT2D eigenvalue weighted by atomic mass is 127. The van der Waals surface area contributed by atoms with Gasteiger partial charge in [0.25, 0.3) is 0 Å². The number of hydrogen-bond donors (Lipinski definition) is 1. The van der Waals surface area contributed by atoms with Crippen LogP contribution in [0.4, 0.5) is 0 Å². The smallest absolute Gasteiger partial charge is 0.194 e. The molecule has 1 aliphatic rings. The summed E-state index contributed by atoms with van der Waals surface area (Å²) in [6.45, 7) is 11.7. The van der Waals surface area contributed by atoms with E-state index in [0.717, 1.165) is 37.8 Å². The zero-order chi connectivity index (χ0) is 17.4. The van der Waals surface area contributed by atoms with Crippen LogP contribution in [0.5, 0.6) is 0 Å². The molecule has 25 heavy (non-hydrogen) atoms. The van der Waals surface area contributed by atoms with Crippen LogP contribution < -0.4 is 5.32 Å². The molecule has 2 heterocycles. The third kappa shape index (κ3) is 7.49. The van der Waals surface area contributed by atoms with E-state index >= 15 is 0 Å². The number of guanidine groups is 1. The monoisotopic (exact) mass is 465 g/mol. The molecule has 1 unspecified atom stereocenters. The number of rotatable bonds is 7. The first-order valence-electron chi connectivity index (χ1n) is 8.81. The number of halogens is 1. The second-order valence-corrected chi connectivity index (χ2v) is 6.46. The number of aryl methyl sites for hydroxylation is 1. The molecule has 0 aromatic carbocycles. The fourth-order valence-electron chi connectivity index (χ4n) is 2.61. The molecule has 144 valence electrons. The topological polar surface area (TPSA) is 63.9 Å². The summed E-state index contributed by atoms with van der Waals surface area (Å²) >= 11 is 0. The molecule has 0 amide bonds. The van der Waals surface area contributed by atoms with Crippen molar-refractivity contribution < 1.29 is 9.47 Å². The van der Waals surface area contributed by atoms with Crippen LogP contribution in [0.1, 0.15) is 32.4 Å². The molecule has 1 N–H and O–H groups in total. The maximum atomic E-state index is 5.90. The predicted molar refractivity (Wildman–Crippen MR) is 111 cm³/mol. The first kappa shape index (κ1) is 22.2. The van der Waals surface area contributed by atoms with Gasteiger partial charge in [0.2, 0.25) is 0 Å². The summed E-state index contributed by atoms with van der Waals surface area (Å²) in [5.74, 6) is 1.49. The number of aliphatic imine (C=N–C) groups is 1. The molecule has 1 saturated heterocycles. The third-order valence-electron chi connectivity index (χ3n) is 3.75. The number of ether oxygens (including phenoxy) is 2. The van der Waals surface area contributed by atoms with E-state index in [1.54, 1.807) is 0 Å². The number of aromatic nitrogens is 2. The summed E-state index contributed by atoms with van der Waals surface area (Å²) in [6.07, 6.45) is 3.92. The largest absolute Gasteiger partial charge is 0.379 e. The average Bonchev–Trinajstić information content (AvgIpc) is 3.00. The van der Waals surface area contributed by atoms with Crippen molar-refractivity contribution >= 4 is 29.9 Å². The molecule has 7 nitrogen and oxygen atoms in total. The lowest BCUT2D eigenvalue weighted by molar-refractivity contribution is -0.00809. The second-order valence-electron chi connectivity index (χ2n) is 6.46. The van der Waals surface area contributed by atoms with Crippen LogP contribution in [0.15, 0.2) is 17.4 Å². The number of hydrogen-bond acceptors (Lipinski definition) is 4. The fraction of sp³-hybridized carbons (Fsp3) is 0.765. The molecular formula is C17H32IN5O2. The molecule has 1 aromatic heterocycles. The Morgan fingerprint density at radius 3 is 2.96 bits per heavy atom. The lowest BCUT2D eigenvalue weighted by Gasteiger charge is -2.34. The van der Waals surface area contributed by atoms with Crippen LogP contribution in [0.2, 0.25) is 0 Å². The molecule has 1 aromatic rings. The summed E-state index contributed by atoms with van der Waals surface area (Å²) in [7, 11) is 1.92. The van der Waals surface area contributed by atoms with Gasteiger partial charge in [0.05, 0.1) is 32.5 Å². The number of morpholine rings is 1. The quantitative estimate of drug-likeness (QED) is 0.289. The van der Waals surface area contributed by atoms with Crippen LogP contribution in [-0.2, 0) is 16.5 Å². The van der Waals surface area contributed by atoms with Gasteiger partial charge >= 0.3 is 0 Å². The Labute approximate surface area is 168 Å². The molecule has 2 rings (SSSR count). The van der Waals surface area contributed by atoms with Gasteiger partial charge in [0, 0.05) is 38.5 Å². The fourth-order valence-corrected chi connectivity index (χ4v) is 2.61. The normalized spacial score (nSPS) is 18.4. The molecule has 0 bridgehead atoms. The summed E-state index contributed by atoms with van der Waals surface area (Å²) in [6, 6.07) is 0. The molecule has 0 radical (unpaired) electrons. The van der Waals surface area contributed by atoms with Gasteiger partial charge in [-0.3, -0.25) is 9.67 Å². The number of nitrogens with one attached hydrogen (secondary N) is 1. The Bertz CT molecular complexity index is 521. The minimum Gasteiger partial charge on any atom is -0.379 e. The zero-order valence-corrected chi connectivity index (χ0v) is 18.1. The van der Waals surface area contributed by atoms with Crippen LogP contribution >= 0.6 is 24.0 Å². The van der Waals surface area contributed by atoms with Crippen molar-refractivity contribution in [2.24, 2.45) is 18.0 Å². The Morgan fingerprint density at radius 2 is 2.32 bits per heavy atom. The van der Waals surface area contributed by atoms with Gasteiger partial charge in [-0.2, -0.15) is 5.10 Å². The first-order valence-corrected chi connectivity index (χ1v) is 8.81. The van der Waals surface area contributed by atoms with Crippen molar-refractivity contribution in [2.45, 2.75) is 26.9 Å². The van der Waals surface area contributed by atoms with Crippen molar-refractivity contribution in [1.29, 1.82) is 0 Å². The SMILES string of the molecule is CCNC(=NCCOCC(C)C)N1CCOC(c2cnn(C)c2)C1.I. The molecule has 8 heteroatoms. The summed E-state index contributed by atoms with van der Waals surface area (Å²) in [5, 5.41) is 7.61. The standard InChI is InChI=1S/C17H31N5O2.HI/c1-5-18-17(19-6-8-23-13-14(2)3)22-7-9-24-16(12-22)15-10-20-21(4)11-15;/h10-11,14,16H,5-9,12-13H2,1-4H3,(H,18,19);1H. The van der Waals surface area contributed by atoms with Crippen LogP contribution in [0.25, 0.3) is 0 Å². The van der Waals surface area contributed by atoms with Crippen molar-refractivity contribution in [3.05, 3.63) is 18.0 Å². The molecule has 0 aliphatic carbocycles. The van der Waals surface area contributed by atoms with Gasteiger partial charge in [0.1, 0.15) is 6.10 Å². The lowest BCUT2D eigenvalue weighted by Crippen LogP contribution is -2.48.